The molecule has 0 fully saturated rings. The zero-order valence-electron chi connectivity index (χ0n) is 14.2. The van der Waals surface area contributed by atoms with Crippen molar-refractivity contribution in [3.63, 3.8) is 0 Å². The summed E-state index contributed by atoms with van der Waals surface area (Å²) < 4.78 is 13.2. The van der Waals surface area contributed by atoms with Gasteiger partial charge in [0.15, 0.2) is 0 Å². The maximum atomic E-state index is 13.2. The van der Waals surface area contributed by atoms with E-state index in [1.165, 1.54) is 27.5 Å². The molecule has 1 aliphatic heterocycles. The Bertz CT molecular complexity index is 774. The molecular formula is C19H21FN2O2S. The summed E-state index contributed by atoms with van der Waals surface area (Å²) in [5.41, 5.74) is 1.96. The number of hydrogen-bond donors (Lipinski definition) is 0. The van der Waals surface area contributed by atoms with Crippen LogP contribution in [0.1, 0.15) is 28.8 Å². The van der Waals surface area contributed by atoms with E-state index in [1.807, 2.05) is 4.90 Å². The largest absolute Gasteiger partial charge is 0.341 e. The molecule has 0 spiro atoms. The third-order valence-electron chi connectivity index (χ3n) is 4.45. The van der Waals surface area contributed by atoms with E-state index in [1.54, 1.807) is 30.5 Å². The number of fused-ring (bicyclic) bond motifs is 1. The van der Waals surface area contributed by atoms with Crippen LogP contribution in [0.3, 0.4) is 0 Å². The Kier molecular flexibility index (Phi) is 5.48. The molecule has 132 valence electrons. The fraction of sp³-hybridized carbons (Fsp3) is 0.368. The summed E-state index contributed by atoms with van der Waals surface area (Å²) in [7, 11) is 1.68. The quantitative estimate of drug-likeness (QED) is 0.821. The first-order valence-electron chi connectivity index (χ1n) is 8.34. The summed E-state index contributed by atoms with van der Waals surface area (Å²) in [4.78, 5) is 29.3. The summed E-state index contributed by atoms with van der Waals surface area (Å²) in [6, 6.07) is 8.27. The van der Waals surface area contributed by atoms with Crippen LogP contribution in [0.15, 0.2) is 35.7 Å². The Balaban J connectivity index is 1.47. The Morgan fingerprint density at radius 1 is 1.28 bits per heavy atom. The Morgan fingerprint density at radius 3 is 2.92 bits per heavy atom. The van der Waals surface area contributed by atoms with E-state index in [-0.39, 0.29) is 30.5 Å². The molecule has 25 heavy (non-hydrogen) atoms. The molecule has 0 unspecified atom stereocenters. The molecule has 2 heterocycles. The third kappa shape index (κ3) is 4.45. The predicted molar refractivity (Wildman–Crippen MR) is 95.5 cm³/mol. The number of halogens is 1. The van der Waals surface area contributed by atoms with Crippen LogP contribution in [0.5, 0.6) is 0 Å². The number of carbonyl (C=O) groups excluding carboxylic acids is 2. The monoisotopic (exact) mass is 360 g/mol. The van der Waals surface area contributed by atoms with Gasteiger partial charge in [-0.15, -0.1) is 11.3 Å². The van der Waals surface area contributed by atoms with Crippen molar-refractivity contribution in [2.45, 2.75) is 32.4 Å². The molecule has 2 amide bonds. The number of hydrogen-bond acceptors (Lipinski definition) is 3. The van der Waals surface area contributed by atoms with Crippen LogP contribution in [0.4, 0.5) is 4.39 Å². The highest BCUT2D eigenvalue weighted by molar-refractivity contribution is 7.10. The van der Waals surface area contributed by atoms with Crippen molar-refractivity contribution >= 4 is 23.2 Å². The lowest BCUT2D eigenvalue weighted by Crippen LogP contribution is -2.36. The van der Waals surface area contributed by atoms with E-state index in [4.69, 9.17) is 0 Å². The van der Waals surface area contributed by atoms with Gasteiger partial charge in [-0.05, 0) is 41.1 Å². The van der Waals surface area contributed by atoms with Crippen LogP contribution in [0, 0.1) is 5.82 Å². The highest BCUT2D eigenvalue weighted by Crippen LogP contribution is 2.24. The molecule has 0 N–H and O–H groups in total. The summed E-state index contributed by atoms with van der Waals surface area (Å²) >= 11 is 1.74. The summed E-state index contributed by atoms with van der Waals surface area (Å²) in [5, 5.41) is 2.06. The van der Waals surface area contributed by atoms with Crippen LogP contribution >= 0.6 is 11.3 Å². The van der Waals surface area contributed by atoms with E-state index in [9.17, 15) is 14.0 Å². The number of amides is 2. The van der Waals surface area contributed by atoms with E-state index in [0.717, 1.165) is 18.5 Å². The van der Waals surface area contributed by atoms with E-state index >= 15 is 0 Å². The molecule has 1 aromatic heterocycles. The zero-order valence-corrected chi connectivity index (χ0v) is 15.0. The number of thiophene rings is 1. The third-order valence-corrected chi connectivity index (χ3v) is 5.47. The minimum Gasteiger partial charge on any atom is -0.341 e. The van der Waals surface area contributed by atoms with Gasteiger partial charge in [-0.3, -0.25) is 9.59 Å². The van der Waals surface area contributed by atoms with Crippen molar-refractivity contribution in [1.29, 1.82) is 0 Å². The van der Waals surface area contributed by atoms with Crippen molar-refractivity contribution in [3.05, 3.63) is 57.5 Å². The average molecular weight is 360 g/mol. The Morgan fingerprint density at radius 2 is 2.12 bits per heavy atom. The van der Waals surface area contributed by atoms with Gasteiger partial charge in [0.2, 0.25) is 11.8 Å². The Labute approximate surface area is 150 Å². The van der Waals surface area contributed by atoms with Crippen molar-refractivity contribution in [3.8, 4) is 0 Å². The minimum absolute atomic E-state index is 0.0179. The van der Waals surface area contributed by atoms with Crippen molar-refractivity contribution in [2.24, 2.45) is 0 Å². The van der Waals surface area contributed by atoms with Crippen LogP contribution in [-0.2, 0) is 29.1 Å². The van der Waals surface area contributed by atoms with Gasteiger partial charge < -0.3 is 9.80 Å². The summed E-state index contributed by atoms with van der Waals surface area (Å²) in [5.74, 6) is -0.401. The summed E-state index contributed by atoms with van der Waals surface area (Å²) in [6.07, 6.45) is 1.29. The van der Waals surface area contributed by atoms with E-state index < -0.39 is 0 Å². The normalized spacial score (nSPS) is 13.4. The second kappa shape index (κ2) is 7.78. The van der Waals surface area contributed by atoms with Gasteiger partial charge in [0.1, 0.15) is 5.82 Å². The van der Waals surface area contributed by atoms with Crippen LogP contribution < -0.4 is 0 Å². The second-order valence-corrected chi connectivity index (χ2v) is 7.31. The molecule has 0 saturated carbocycles. The average Bonchev–Trinajstić information content (AvgIpc) is 3.07. The lowest BCUT2D eigenvalue weighted by Gasteiger charge is -2.27. The molecule has 0 bridgehead atoms. The molecule has 2 aromatic rings. The highest BCUT2D eigenvalue weighted by Gasteiger charge is 2.22. The molecular weight excluding hydrogens is 339 g/mol. The molecule has 1 aromatic carbocycles. The number of carbonyl (C=O) groups is 2. The number of nitrogens with zero attached hydrogens (tertiary/aromatic N) is 2. The van der Waals surface area contributed by atoms with Gasteiger partial charge in [0.25, 0.3) is 0 Å². The van der Waals surface area contributed by atoms with Gasteiger partial charge >= 0.3 is 0 Å². The van der Waals surface area contributed by atoms with Gasteiger partial charge in [0, 0.05) is 44.4 Å². The smallest absolute Gasteiger partial charge is 0.223 e. The minimum atomic E-state index is -0.313. The first-order chi connectivity index (χ1) is 12.0. The molecule has 0 atom stereocenters. The highest BCUT2D eigenvalue weighted by atomic mass is 32.1. The fourth-order valence-electron chi connectivity index (χ4n) is 3.02. The first-order valence-corrected chi connectivity index (χ1v) is 9.22. The van der Waals surface area contributed by atoms with Crippen molar-refractivity contribution in [1.82, 2.24) is 9.80 Å². The maximum Gasteiger partial charge on any atom is 0.223 e. The topological polar surface area (TPSA) is 40.6 Å². The molecule has 6 heteroatoms. The SMILES string of the molecule is CN(Cc1cccc(F)c1)C(=O)CCC(=O)N1CCc2sccc2C1. The number of benzene rings is 1. The lowest BCUT2D eigenvalue weighted by atomic mass is 10.1. The first kappa shape index (κ1) is 17.6. The van der Waals surface area contributed by atoms with Gasteiger partial charge in [-0.1, -0.05) is 12.1 Å². The molecule has 0 saturated heterocycles. The predicted octanol–water partition coefficient (Wildman–Crippen LogP) is 3.21. The molecule has 0 radical (unpaired) electrons. The molecule has 4 nitrogen and oxygen atoms in total. The number of rotatable bonds is 5. The summed E-state index contributed by atoms with van der Waals surface area (Å²) in [6.45, 7) is 1.71. The fourth-order valence-corrected chi connectivity index (χ4v) is 3.91. The van der Waals surface area contributed by atoms with E-state index in [0.29, 0.717) is 13.1 Å². The van der Waals surface area contributed by atoms with Crippen LogP contribution in [-0.4, -0.2) is 35.2 Å². The Hall–Kier alpha value is -2.21. The zero-order chi connectivity index (χ0) is 17.8. The van der Waals surface area contributed by atoms with Gasteiger partial charge in [0.05, 0.1) is 0 Å². The molecule has 3 rings (SSSR count). The van der Waals surface area contributed by atoms with Crippen LogP contribution in [0.25, 0.3) is 0 Å². The standard InChI is InChI=1S/C19H21FN2O2S/c1-21(12-14-3-2-4-16(20)11-14)18(23)5-6-19(24)22-9-7-17-15(13-22)8-10-25-17/h2-4,8,10-11H,5-7,9,12-13H2,1H3. The van der Waals surface area contributed by atoms with Crippen LogP contribution in [0.2, 0.25) is 0 Å². The second-order valence-electron chi connectivity index (χ2n) is 6.31. The molecule has 0 aliphatic carbocycles. The van der Waals surface area contributed by atoms with Gasteiger partial charge in [-0.2, -0.15) is 0 Å². The van der Waals surface area contributed by atoms with Gasteiger partial charge in [-0.25, -0.2) is 4.39 Å². The lowest BCUT2D eigenvalue weighted by molar-refractivity contribution is -0.137. The van der Waals surface area contributed by atoms with E-state index in [2.05, 4.69) is 11.4 Å². The van der Waals surface area contributed by atoms with Crippen molar-refractivity contribution < 1.29 is 14.0 Å². The van der Waals surface area contributed by atoms with Crippen molar-refractivity contribution in [2.75, 3.05) is 13.6 Å². The molecule has 1 aliphatic rings. The maximum absolute atomic E-state index is 13.2.